The fourth-order valence-corrected chi connectivity index (χ4v) is 1.79. The van der Waals surface area contributed by atoms with Gasteiger partial charge in [-0.15, -0.1) is 5.10 Å². The highest BCUT2D eigenvalue weighted by atomic mass is 127. The van der Waals surface area contributed by atoms with Gasteiger partial charge in [-0.2, -0.15) is 5.10 Å². The molecule has 0 N–H and O–H groups in total. The Morgan fingerprint density at radius 3 is 2.45 bits per heavy atom. The smallest absolute Gasteiger partial charge is 0.164 e. The van der Waals surface area contributed by atoms with Crippen molar-refractivity contribution >= 4 is 28.4 Å². The normalized spacial score (nSPS) is 9.82. The SMILES string of the molecule is Cc1cc(I)c(N(C)C)nn1. The molecule has 0 atom stereocenters. The maximum atomic E-state index is 4.05. The van der Waals surface area contributed by atoms with Crippen LogP contribution in [0, 0.1) is 10.5 Å². The number of nitrogens with zero attached hydrogens (tertiary/aromatic N) is 3. The average Bonchev–Trinajstić information content (AvgIpc) is 1.85. The van der Waals surface area contributed by atoms with Crippen molar-refractivity contribution in [2.45, 2.75) is 6.92 Å². The van der Waals surface area contributed by atoms with Gasteiger partial charge < -0.3 is 4.90 Å². The summed E-state index contributed by atoms with van der Waals surface area (Å²) >= 11 is 2.26. The highest BCUT2D eigenvalue weighted by molar-refractivity contribution is 14.1. The van der Waals surface area contributed by atoms with Crippen LogP contribution < -0.4 is 4.90 Å². The van der Waals surface area contributed by atoms with Gasteiger partial charge in [0.2, 0.25) is 0 Å². The number of rotatable bonds is 1. The molecule has 0 aliphatic rings. The molecule has 0 saturated heterocycles. The van der Waals surface area contributed by atoms with Gasteiger partial charge >= 0.3 is 0 Å². The Morgan fingerprint density at radius 1 is 1.36 bits per heavy atom. The molecule has 0 aliphatic heterocycles. The standard InChI is InChI=1S/C7H10IN3/c1-5-4-6(8)7(10-9-5)11(2)3/h4H,1-3H3. The van der Waals surface area contributed by atoms with E-state index in [1.54, 1.807) is 0 Å². The molecule has 0 aliphatic carbocycles. The third kappa shape index (κ3) is 2.02. The van der Waals surface area contributed by atoms with E-state index in [0.29, 0.717) is 0 Å². The van der Waals surface area contributed by atoms with Crippen LogP contribution in [0.1, 0.15) is 5.69 Å². The Kier molecular flexibility index (Phi) is 2.64. The van der Waals surface area contributed by atoms with Crippen LogP contribution in [0.3, 0.4) is 0 Å². The van der Waals surface area contributed by atoms with E-state index in [-0.39, 0.29) is 0 Å². The van der Waals surface area contributed by atoms with Crippen molar-refractivity contribution in [2.75, 3.05) is 19.0 Å². The highest BCUT2D eigenvalue weighted by Crippen LogP contribution is 2.16. The Morgan fingerprint density at radius 2 is 2.00 bits per heavy atom. The predicted octanol–water partition coefficient (Wildman–Crippen LogP) is 1.46. The van der Waals surface area contributed by atoms with Gasteiger partial charge in [0.1, 0.15) is 0 Å². The second-order valence-electron chi connectivity index (χ2n) is 2.55. The molecule has 0 unspecified atom stereocenters. The summed E-state index contributed by atoms with van der Waals surface area (Å²) in [5, 5.41) is 8.01. The van der Waals surface area contributed by atoms with Crippen LogP contribution >= 0.6 is 22.6 Å². The number of aromatic nitrogens is 2. The van der Waals surface area contributed by atoms with Gasteiger partial charge in [-0.05, 0) is 35.6 Å². The minimum atomic E-state index is 0.927. The van der Waals surface area contributed by atoms with Crippen molar-refractivity contribution in [3.05, 3.63) is 15.3 Å². The zero-order valence-electron chi connectivity index (χ0n) is 6.80. The van der Waals surface area contributed by atoms with Gasteiger partial charge in [-0.25, -0.2) is 0 Å². The molecule has 1 aromatic heterocycles. The van der Waals surface area contributed by atoms with E-state index in [1.165, 1.54) is 0 Å². The van der Waals surface area contributed by atoms with E-state index in [0.717, 1.165) is 15.1 Å². The first-order valence-electron chi connectivity index (χ1n) is 3.28. The topological polar surface area (TPSA) is 29.0 Å². The fraction of sp³-hybridized carbons (Fsp3) is 0.429. The molecule has 1 heterocycles. The first-order chi connectivity index (χ1) is 5.11. The molecule has 0 fully saturated rings. The zero-order chi connectivity index (χ0) is 8.43. The molecule has 3 nitrogen and oxygen atoms in total. The minimum absolute atomic E-state index is 0.927. The van der Waals surface area contributed by atoms with Crippen LogP contribution in [0.2, 0.25) is 0 Å². The molecule has 4 heteroatoms. The first kappa shape index (κ1) is 8.70. The van der Waals surface area contributed by atoms with Crippen molar-refractivity contribution in [1.82, 2.24) is 10.2 Å². The van der Waals surface area contributed by atoms with E-state index in [2.05, 4.69) is 32.8 Å². The Labute approximate surface area is 80.0 Å². The van der Waals surface area contributed by atoms with E-state index < -0.39 is 0 Å². The van der Waals surface area contributed by atoms with Gasteiger partial charge in [-0.1, -0.05) is 0 Å². The van der Waals surface area contributed by atoms with Crippen LogP contribution in [0.5, 0.6) is 0 Å². The van der Waals surface area contributed by atoms with Crippen molar-refractivity contribution in [3.8, 4) is 0 Å². The molecule has 0 aromatic carbocycles. The minimum Gasteiger partial charge on any atom is -0.360 e. The number of anilines is 1. The number of halogens is 1. The molecular formula is C7H10IN3. The van der Waals surface area contributed by atoms with Gasteiger partial charge in [0.15, 0.2) is 5.82 Å². The van der Waals surface area contributed by atoms with E-state index in [4.69, 9.17) is 0 Å². The molecule has 0 amide bonds. The van der Waals surface area contributed by atoms with E-state index in [9.17, 15) is 0 Å². The Hall–Kier alpha value is -0.390. The summed E-state index contributed by atoms with van der Waals surface area (Å²) in [6.07, 6.45) is 0. The molecule has 1 rings (SSSR count). The largest absolute Gasteiger partial charge is 0.360 e. The molecule has 0 saturated carbocycles. The lowest BCUT2D eigenvalue weighted by Crippen LogP contribution is -2.13. The van der Waals surface area contributed by atoms with E-state index in [1.807, 2.05) is 32.0 Å². The molecule has 11 heavy (non-hydrogen) atoms. The lowest BCUT2D eigenvalue weighted by molar-refractivity contribution is 0.926. The van der Waals surface area contributed by atoms with Crippen molar-refractivity contribution in [3.63, 3.8) is 0 Å². The van der Waals surface area contributed by atoms with Crippen molar-refractivity contribution in [1.29, 1.82) is 0 Å². The summed E-state index contributed by atoms with van der Waals surface area (Å²) < 4.78 is 1.14. The summed E-state index contributed by atoms with van der Waals surface area (Å²) in [6, 6.07) is 2.02. The maximum absolute atomic E-state index is 4.05. The predicted molar refractivity (Wildman–Crippen MR) is 53.8 cm³/mol. The summed E-state index contributed by atoms with van der Waals surface area (Å²) in [7, 11) is 3.92. The Balaban J connectivity index is 3.09. The molecule has 0 radical (unpaired) electrons. The fourth-order valence-electron chi connectivity index (χ4n) is 0.754. The Bertz CT molecular complexity index is 260. The number of hydrogen-bond acceptors (Lipinski definition) is 3. The third-order valence-corrected chi connectivity index (χ3v) is 2.07. The van der Waals surface area contributed by atoms with Gasteiger partial charge in [0.05, 0.1) is 9.26 Å². The summed E-state index contributed by atoms with van der Waals surface area (Å²) in [4.78, 5) is 1.95. The van der Waals surface area contributed by atoms with Gasteiger partial charge in [0, 0.05) is 14.1 Å². The first-order valence-corrected chi connectivity index (χ1v) is 4.36. The van der Waals surface area contributed by atoms with Crippen molar-refractivity contribution < 1.29 is 0 Å². The second-order valence-corrected chi connectivity index (χ2v) is 3.71. The second kappa shape index (κ2) is 3.34. The molecule has 0 spiro atoms. The zero-order valence-corrected chi connectivity index (χ0v) is 8.95. The van der Waals surface area contributed by atoms with Gasteiger partial charge in [-0.3, -0.25) is 0 Å². The monoisotopic (exact) mass is 263 g/mol. The van der Waals surface area contributed by atoms with Crippen molar-refractivity contribution in [2.24, 2.45) is 0 Å². The lowest BCUT2D eigenvalue weighted by Gasteiger charge is -2.11. The molecule has 0 bridgehead atoms. The number of aryl methyl sites for hydroxylation is 1. The summed E-state index contributed by atoms with van der Waals surface area (Å²) in [5.74, 6) is 0.927. The van der Waals surface area contributed by atoms with Crippen LogP contribution in [-0.4, -0.2) is 24.3 Å². The van der Waals surface area contributed by atoms with Crippen LogP contribution in [-0.2, 0) is 0 Å². The van der Waals surface area contributed by atoms with Crippen LogP contribution in [0.25, 0.3) is 0 Å². The lowest BCUT2D eigenvalue weighted by atomic mass is 10.4. The average molecular weight is 263 g/mol. The quantitative estimate of drug-likeness (QED) is 0.718. The summed E-state index contributed by atoms with van der Waals surface area (Å²) in [6.45, 7) is 1.94. The van der Waals surface area contributed by atoms with E-state index >= 15 is 0 Å². The molecule has 1 aromatic rings. The highest BCUT2D eigenvalue weighted by Gasteiger charge is 2.03. The third-order valence-electron chi connectivity index (χ3n) is 1.28. The van der Waals surface area contributed by atoms with Crippen LogP contribution in [0.4, 0.5) is 5.82 Å². The molecular weight excluding hydrogens is 253 g/mol. The summed E-state index contributed by atoms with van der Waals surface area (Å²) in [5.41, 5.74) is 0.958. The van der Waals surface area contributed by atoms with Gasteiger partial charge in [0.25, 0.3) is 0 Å². The van der Waals surface area contributed by atoms with Crippen LogP contribution in [0.15, 0.2) is 6.07 Å². The maximum Gasteiger partial charge on any atom is 0.164 e. The number of hydrogen-bond donors (Lipinski definition) is 0. The molecule has 60 valence electrons.